The predicted molar refractivity (Wildman–Crippen MR) is 64.4 cm³/mol. The van der Waals surface area contributed by atoms with E-state index in [1.54, 1.807) is 11.8 Å². The SMILES string of the molecule is COCC(C)CC(NN)c1c(Br)nnn1C. The molecule has 0 radical (unpaired) electrons. The Morgan fingerprint density at radius 2 is 2.31 bits per heavy atom. The zero-order chi connectivity index (χ0) is 12.1. The highest BCUT2D eigenvalue weighted by Crippen LogP contribution is 2.25. The first kappa shape index (κ1) is 13.6. The van der Waals surface area contributed by atoms with Crippen molar-refractivity contribution in [1.29, 1.82) is 0 Å². The van der Waals surface area contributed by atoms with Crippen LogP contribution in [0.2, 0.25) is 0 Å². The van der Waals surface area contributed by atoms with Gasteiger partial charge in [0.1, 0.15) is 0 Å². The number of rotatable bonds is 6. The fraction of sp³-hybridized carbons (Fsp3) is 0.778. The molecule has 0 fully saturated rings. The van der Waals surface area contributed by atoms with E-state index < -0.39 is 0 Å². The minimum atomic E-state index is 0.0134. The minimum absolute atomic E-state index is 0.0134. The molecule has 2 atom stereocenters. The van der Waals surface area contributed by atoms with Crippen molar-refractivity contribution < 1.29 is 4.74 Å². The number of aryl methyl sites for hydroxylation is 1. The van der Waals surface area contributed by atoms with E-state index in [1.165, 1.54) is 0 Å². The number of hydrazine groups is 1. The minimum Gasteiger partial charge on any atom is -0.384 e. The van der Waals surface area contributed by atoms with Gasteiger partial charge in [-0.15, -0.1) is 5.10 Å². The molecule has 1 heterocycles. The average molecular weight is 292 g/mol. The summed E-state index contributed by atoms with van der Waals surface area (Å²) in [4.78, 5) is 0. The monoisotopic (exact) mass is 291 g/mol. The number of hydrogen-bond acceptors (Lipinski definition) is 5. The number of methoxy groups -OCH3 is 1. The Labute approximate surface area is 104 Å². The fourth-order valence-electron chi connectivity index (χ4n) is 1.72. The van der Waals surface area contributed by atoms with E-state index in [1.807, 2.05) is 7.05 Å². The van der Waals surface area contributed by atoms with Crippen molar-refractivity contribution in [3.63, 3.8) is 0 Å². The number of hydrogen-bond donors (Lipinski definition) is 2. The summed E-state index contributed by atoms with van der Waals surface area (Å²) in [6, 6.07) is 0.0134. The predicted octanol–water partition coefficient (Wildman–Crippen LogP) is 0.755. The average Bonchev–Trinajstić information content (AvgIpc) is 2.56. The highest BCUT2D eigenvalue weighted by Gasteiger charge is 2.21. The zero-order valence-electron chi connectivity index (χ0n) is 9.77. The van der Waals surface area contributed by atoms with Crippen LogP contribution in [0, 0.1) is 5.92 Å². The lowest BCUT2D eigenvalue weighted by atomic mass is 10.0. The van der Waals surface area contributed by atoms with Crippen LogP contribution >= 0.6 is 15.9 Å². The fourth-order valence-corrected chi connectivity index (χ4v) is 2.33. The molecule has 0 aromatic carbocycles. The Morgan fingerprint density at radius 3 is 2.75 bits per heavy atom. The molecule has 7 heteroatoms. The first-order valence-electron chi connectivity index (χ1n) is 5.10. The number of aromatic nitrogens is 3. The highest BCUT2D eigenvalue weighted by molar-refractivity contribution is 9.10. The van der Waals surface area contributed by atoms with E-state index in [-0.39, 0.29) is 6.04 Å². The van der Waals surface area contributed by atoms with Gasteiger partial charge < -0.3 is 4.74 Å². The smallest absolute Gasteiger partial charge is 0.153 e. The number of nitrogens with zero attached hydrogens (tertiary/aromatic N) is 3. The summed E-state index contributed by atoms with van der Waals surface area (Å²) in [5, 5.41) is 7.87. The standard InChI is InChI=1S/C9H18BrN5O/c1-6(5-16-3)4-7(12-11)8-9(10)13-14-15(8)2/h6-7,12H,4-5,11H2,1-3H3. The quantitative estimate of drug-likeness (QED) is 0.598. The Morgan fingerprint density at radius 1 is 1.62 bits per heavy atom. The summed E-state index contributed by atoms with van der Waals surface area (Å²) >= 11 is 3.37. The first-order valence-corrected chi connectivity index (χ1v) is 5.89. The molecule has 0 aliphatic rings. The van der Waals surface area contributed by atoms with Crippen LogP contribution in [0.4, 0.5) is 0 Å². The van der Waals surface area contributed by atoms with Gasteiger partial charge in [0.2, 0.25) is 0 Å². The summed E-state index contributed by atoms with van der Waals surface area (Å²) in [6.45, 7) is 2.83. The Bertz CT molecular complexity index is 310. The summed E-state index contributed by atoms with van der Waals surface area (Å²) in [6.07, 6.45) is 0.865. The number of halogens is 1. The van der Waals surface area contributed by atoms with E-state index >= 15 is 0 Å². The summed E-state index contributed by atoms with van der Waals surface area (Å²) < 4.78 is 7.55. The van der Waals surface area contributed by atoms with Gasteiger partial charge in [0.25, 0.3) is 0 Å². The maximum Gasteiger partial charge on any atom is 0.153 e. The number of nitrogens with two attached hydrogens (primary N) is 1. The molecule has 0 saturated heterocycles. The first-order chi connectivity index (χ1) is 7.60. The Balaban J connectivity index is 2.74. The molecule has 1 rings (SSSR count). The number of ether oxygens (including phenoxy) is 1. The van der Waals surface area contributed by atoms with Crippen LogP contribution in [0.15, 0.2) is 4.60 Å². The van der Waals surface area contributed by atoms with Gasteiger partial charge in [0, 0.05) is 20.8 Å². The highest BCUT2D eigenvalue weighted by atomic mass is 79.9. The molecular weight excluding hydrogens is 274 g/mol. The van der Waals surface area contributed by atoms with E-state index in [2.05, 4.69) is 38.6 Å². The lowest BCUT2D eigenvalue weighted by Gasteiger charge is -2.19. The van der Waals surface area contributed by atoms with Crippen molar-refractivity contribution in [2.75, 3.05) is 13.7 Å². The van der Waals surface area contributed by atoms with Crippen LogP contribution in [-0.2, 0) is 11.8 Å². The van der Waals surface area contributed by atoms with Crippen LogP contribution < -0.4 is 11.3 Å². The molecule has 16 heavy (non-hydrogen) atoms. The molecule has 0 aliphatic heterocycles. The van der Waals surface area contributed by atoms with Gasteiger partial charge in [0.05, 0.1) is 11.7 Å². The van der Waals surface area contributed by atoms with Crippen molar-refractivity contribution in [1.82, 2.24) is 20.4 Å². The topological polar surface area (TPSA) is 78.0 Å². The molecule has 92 valence electrons. The third-order valence-electron chi connectivity index (χ3n) is 2.45. The molecule has 0 spiro atoms. The van der Waals surface area contributed by atoms with E-state index in [0.717, 1.165) is 16.7 Å². The van der Waals surface area contributed by atoms with Crippen molar-refractivity contribution in [3.05, 3.63) is 10.3 Å². The molecule has 0 saturated carbocycles. The zero-order valence-corrected chi connectivity index (χ0v) is 11.4. The molecule has 6 nitrogen and oxygen atoms in total. The van der Waals surface area contributed by atoms with Crippen LogP contribution in [0.3, 0.4) is 0 Å². The maximum atomic E-state index is 5.57. The Hall–Kier alpha value is -0.500. The molecule has 1 aromatic heterocycles. The van der Waals surface area contributed by atoms with Gasteiger partial charge in [-0.3, -0.25) is 11.3 Å². The normalized spacial score (nSPS) is 15.1. The maximum absolute atomic E-state index is 5.57. The third-order valence-corrected chi connectivity index (χ3v) is 3.01. The summed E-state index contributed by atoms with van der Waals surface area (Å²) in [5.41, 5.74) is 3.74. The van der Waals surface area contributed by atoms with E-state index in [9.17, 15) is 0 Å². The van der Waals surface area contributed by atoms with Crippen LogP contribution in [-0.4, -0.2) is 28.7 Å². The molecule has 3 N–H and O–H groups in total. The second-order valence-electron chi connectivity index (χ2n) is 3.90. The summed E-state index contributed by atoms with van der Waals surface area (Å²) in [5.74, 6) is 5.98. The molecule has 2 unspecified atom stereocenters. The summed E-state index contributed by atoms with van der Waals surface area (Å²) in [7, 11) is 3.54. The van der Waals surface area contributed by atoms with E-state index in [4.69, 9.17) is 10.6 Å². The number of nitrogens with one attached hydrogen (secondary N) is 1. The van der Waals surface area contributed by atoms with Crippen LogP contribution in [0.5, 0.6) is 0 Å². The molecule has 0 amide bonds. The van der Waals surface area contributed by atoms with Crippen LogP contribution in [0.25, 0.3) is 0 Å². The van der Waals surface area contributed by atoms with Gasteiger partial charge in [-0.25, -0.2) is 4.68 Å². The molecule has 0 bridgehead atoms. The second kappa shape index (κ2) is 6.29. The van der Waals surface area contributed by atoms with Gasteiger partial charge in [-0.2, -0.15) is 0 Å². The van der Waals surface area contributed by atoms with Gasteiger partial charge >= 0.3 is 0 Å². The third kappa shape index (κ3) is 3.24. The van der Waals surface area contributed by atoms with Crippen molar-refractivity contribution in [2.24, 2.45) is 18.8 Å². The van der Waals surface area contributed by atoms with Gasteiger partial charge in [0.15, 0.2) is 4.60 Å². The van der Waals surface area contributed by atoms with Crippen LogP contribution in [0.1, 0.15) is 25.1 Å². The molecular formula is C9H18BrN5O. The van der Waals surface area contributed by atoms with E-state index in [0.29, 0.717) is 12.5 Å². The van der Waals surface area contributed by atoms with Crippen molar-refractivity contribution in [3.8, 4) is 0 Å². The molecule has 1 aromatic rings. The lowest BCUT2D eigenvalue weighted by molar-refractivity contribution is 0.148. The van der Waals surface area contributed by atoms with Gasteiger partial charge in [-0.05, 0) is 28.3 Å². The largest absolute Gasteiger partial charge is 0.384 e. The molecule has 0 aliphatic carbocycles. The second-order valence-corrected chi connectivity index (χ2v) is 4.66. The van der Waals surface area contributed by atoms with Crippen molar-refractivity contribution in [2.45, 2.75) is 19.4 Å². The Kier molecular flexibility index (Phi) is 5.33. The lowest BCUT2D eigenvalue weighted by Crippen LogP contribution is -2.31. The van der Waals surface area contributed by atoms with Gasteiger partial charge in [-0.1, -0.05) is 12.1 Å². The van der Waals surface area contributed by atoms with Crippen molar-refractivity contribution >= 4 is 15.9 Å².